The molecule has 0 aliphatic rings. The number of aromatic nitrogens is 4. The van der Waals surface area contributed by atoms with E-state index in [0.717, 1.165) is 22.0 Å². The van der Waals surface area contributed by atoms with Crippen LogP contribution >= 0.6 is 11.3 Å². The molecule has 0 unspecified atom stereocenters. The molecule has 0 aliphatic heterocycles. The number of carbonyl (C=O) groups is 1. The minimum Gasteiger partial charge on any atom is -0.477 e. The van der Waals surface area contributed by atoms with Gasteiger partial charge in [-0.25, -0.2) is 19.7 Å². The van der Waals surface area contributed by atoms with Crippen LogP contribution in [-0.2, 0) is 0 Å². The number of hydrogen-bond acceptors (Lipinski definition) is 5. The first-order valence-electron chi connectivity index (χ1n) is 5.38. The number of nitrogens with one attached hydrogen (secondary N) is 1. The lowest BCUT2D eigenvalue weighted by Gasteiger charge is -1.92. The molecular formula is C12H8N4O2S. The van der Waals surface area contributed by atoms with Crippen molar-refractivity contribution in [3.05, 3.63) is 41.9 Å². The maximum Gasteiger partial charge on any atom is 0.352 e. The van der Waals surface area contributed by atoms with Crippen molar-refractivity contribution in [3.63, 3.8) is 0 Å². The van der Waals surface area contributed by atoms with Gasteiger partial charge in [0.25, 0.3) is 0 Å². The summed E-state index contributed by atoms with van der Waals surface area (Å²) in [5.41, 5.74) is 2.36. The van der Waals surface area contributed by atoms with Crippen LogP contribution in [-0.4, -0.2) is 31.0 Å². The molecule has 0 aromatic carbocycles. The molecule has 3 rings (SSSR count). The summed E-state index contributed by atoms with van der Waals surface area (Å²) < 4.78 is 0. The van der Waals surface area contributed by atoms with Crippen molar-refractivity contribution in [2.24, 2.45) is 0 Å². The van der Waals surface area contributed by atoms with Gasteiger partial charge in [0.2, 0.25) is 0 Å². The topological polar surface area (TPSA) is 91.8 Å². The van der Waals surface area contributed by atoms with Crippen LogP contribution in [0.4, 0.5) is 0 Å². The Morgan fingerprint density at radius 1 is 1.37 bits per heavy atom. The average molecular weight is 272 g/mol. The summed E-state index contributed by atoms with van der Waals surface area (Å²) in [6, 6.07) is 3.34. The average Bonchev–Trinajstić information content (AvgIpc) is 3.09. The summed E-state index contributed by atoms with van der Waals surface area (Å²) in [6.07, 6.45) is 4.75. The second-order valence-electron chi connectivity index (χ2n) is 3.74. The van der Waals surface area contributed by atoms with E-state index in [9.17, 15) is 4.79 Å². The van der Waals surface area contributed by atoms with Crippen LogP contribution in [0.15, 0.2) is 36.2 Å². The van der Waals surface area contributed by atoms with Crippen molar-refractivity contribution in [3.8, 4) is 22.0 Å². The summed E-state index contributed by atoms with van der Waals surface area (Å²) in [4.78, 5) is 25.9. The number of H-pyrrole nitrogens is 1. The predicted molar refractivity (Wildman–Crippen MR) is 69.9 cm³/mol. The fourth-order valence-electron chi connectivity index (χ4n) is 1.61. The SMILES string of the molecule is O=C(O)c1cc(-c2csc(-c3ccncn3)n2)c[nH]1. The zero-order chi connectivity index (χ0) is 13.2. The van der Waals surface area contributed by atoms with Gasteiger partial charge in [0.05, 0.1) is 5.69 Å². The van der Waals surface area contributed by atoms with E-state index < -0.39 is 5.97 Å². The van der Waals surface area contributed by atoms with E-state index in [1.54, 1.807) is 24.5 Å². The lowest BCUT2D eigenvalue weighted by Crippen LogP contribution is -1.94. The van der Waals surface area contributed by atoms with Crippen LogP contribution in [0, 0.1) is 0 Å². The highest BCUT2D eigenvalue weighted by Gasteiger charge is 2.11. The van der Waals surface area contributed by atoms with Crippen molar-refractivity contribution in [1.29, 1.82) is 0 Å². The van der Waals surface area contributed by atoms with Gasteiger partial charge in [-0.2, -0.15) is 0 Å². The minimum absolute atomic E-state index is 0.145. The Morgan fingerprint density at radius 2 is 2.26 bits per heavy atom. The molecule has 7 heteroatoms. The molecular weight excluding hydrogens is 264 g/mol. The fraction of sp³-hybridized carbons (Fsp3) is 0. The van der Waals surface area contributed by atoms with Gasteiger partial charge in [-0.15, -0.1) is 11.3 Å². The Hall–Kier alpha value is -2.54. The molecule has 6 nitrogen and oxygen atoms in total. The number of carboxylic acid groups (broad SMARTS) is 1. The number of carboxylic acids is 1. The molecule has 94 valence electrons. The lowest BCUT2D eigenvalue weighted by atomic mass is 10.2. The minimum atomic E-state index is -0.988. The standard InChI is InChI=1S/C12H8N4O2S/c17-12(18)9-3-7(4-14-9)10-5-19-11(16-10)8-1-2-13-6-15-8/h1-6,14H,(H,17,18). The van der Waals surface area contributed by atoms with E-state index in [2.05, 4.69) is 19.9 Å². The highest BCUT2D eigenvalue weighted by atomic mass is 32.1. The molecule has 0 amide bonds. The molecule has 0 fully saturated rings. The van der Waals surface area contributed by atoms with E-state index in [1.807, 2.05) is 5.38 Å². The Labute approximate surface area is 111 Å². The van der Waals surface area contributed by atoms with E-state index in [4.69, 9.17) is 5.11 Å². The third-order valence-electron chi connectivity index (χ3n) is 2.51. The van der Waals surface area contributed by atoms with Crippen molar-refractivity contribution in [2.75, 3.05) is 0 Å². The molecule has 0 saturated carbocycles. The quantitative estimate of drug-likeness (QED) is 0.763. The molecule has 0 saturated heterocycles. The molecule has 2 N–H and O–H groups in total. The first kappa shape index (κ1) is 11.5. The van der Waals surface area contributed by atoms with Crippen LogP contribution in [0.25, 0.3) is 22.0 Å². The number of aromatic carboxylic acids is 1. The third kappa shape index (κ3) is 2.23. The summed E-state index contributed by atoms with van der Waals surface area (Å²) in [5, 5.41) is 11.5. The summed E-state index contributed by atoms with van der Waals surface area (Å²) in [7, 11) is 0. The van der Waals surface area contributed by atoms with E-state index in [0.29, 0.717) is 0 Å². The van der Waals surface area contributed by atoms with Crippen molar-refractivity contribution >= 4 is 17.3 Å². The van der Waals surface area contributed by atoms with Crippen LogP contribution in [0.3, 0.4) is 0 Å². The number of aromatic amines is 1. The second-order valence-corrected chi connectivity index (χ2v) is 4.60. The summed E-state index contributed by atoms with van der Waals surface area (Å²) in [5.74, 6) is -0.988. The van der Waals surface area contributed by atoms with Crippen LogP contribution in [0.5, 0.6) is 0 Å². The van der Waals surface area contributed by atoms with Gasteiger partial charge in [-0.1, -0.05) is 0 Å². The maximum atomic E-state index is 10.8. The van der Waals surface area contributed by atoms with E-state index in [1.165, 1.54) is 17.7 Å². The van der Waals surface area contributed by atoms with Crippen LogP contribution in [0.1, 0.15) is 10.5 Å². The maximum absolute atomic E-state index is 10.8. The number of rotatable bonds is 3. The summed E-state index contributed by atoms with van der Waals surface area (Å²) >= 11 is 1.45. The largest absolute Gasteiger partial charge is 0.477 e. The molecule has 0 spiro atoms. The second kappa shape index (κ2) is 4.62. The molecule has 0 aliphatic carbocycles. The van der Waals surface area contributed by atoms with E-state index >= 15 is 0 Å². The lowest BCUT2D eigenvalue weighted by molar-refractivity contribution is 0.0691. The molecule has 19 heavy (non-hydrogen) atoms. The molecule has 0 radical (unpaired) electrons. The summed E-state index contributed by atoms with van der Waals surface area (Å²) in [6.45, 7) is 0. The Bertz CT molecular complexity index is 720. The third-order valence-corrected chi connectivity index (χ3v) is 3.38. The fourth-order valence-corrected chi connectivity index (χ4v) is 2.41. The van der Waals surface area contributed by atoms with E-state index in [-0.39, 0.29) is 5.69 Å². The molecule has 0 bridgehead atoms. The highest BCUT2D eigenvalue weighted by molar-refractivity contribution is 7.13. The highest BCUT2D eigenvalue weighted by Crippen LogP contribution is 2.27. The van der Waals surface area contributed by atoms with Crippen molar-refractivity contribution < 1.29 is 9.90 Å². The Balaban J connectivity index is 1.94. The van der Waals surface area contributed by atoms with Crippen molar-refractivity contribution in [2.45, 2.75) is 0 Å². The Kier molecular flexibility index (Phi) is 2.81. The molecule has 3 aromatic rings. The molecule has 0 atom stereocenters. The van der Waals surface area contributed by atoms with Gasteiger partial charge in [0.15, 0.2) is 0 Å². The number of hydrogen-bond donors (Lipinski definition) is 2. The van der Waals surface area contributed by atoms with Crippen LogP contribution in [0.2, 0.25) is 0 Å². The van der Waals surface area contributed by atoms with Gasteiger partial charge in [0, 0.05) is 23.3 Å². The predicted octanol–water partition coefficient (Wildman–Crippen LogP) is 2.29. The first-order valence-corrected chi connectivity index (χ1v) is 6.26. The molecule has 3 aromatic heterocycles. The number of thiazole rings is 1. The number of nitrogens with zero attached hydrogens (tertiary/aromatic N) is 3. The van der Waals surface area contributed by atoms with Crippen LogP contribution < -0.4 is 0 Å². The van der Waals surface area contributed by atoms with Gasteiger partial charge >= 0.3 is 5.97 Å². The van der Waals surface area contributed by atoms with Gasteiger partial charge in [-0.3, -0.25) is 0 Å². The Morgan fingerprint density at radius 3 is 2.95 bits per heavy atom. The van der Waals surface area contributed by atoms with Crippen molar-refractivity contribution in [1.82, 2.24) is 19.9 Å². The zero-order valence-corrected chi connectivity index (χ0v) is 10.4. The smallest absolute Gasteiger partial charge is 0.352 e. The van der Waals surface area contributed by atoms with Gasteiger partial charge in [0.1, 0.15) is 22.7 Å². The first-order chi connectivity index (χ1) is 9.24. The monoisotopic (exact) mass is 272 g/mol. The normalized spacial score (nSPS) is 10.5. The van der Waals surface area contributed by atoms with Gasteiger partial charge in [-0.05, 0) is 12.1 Å². The molecule has 3 heterocycles. The zero-order valence-electron chi connectivity index (χ0n) is 9.57. The van der Waals surface area contributed by atoms with Gasteiger partial charge < -0.3 is 10.1 Å².